The maximum atomic E-state index is 11.9. The molecule has 3 nitrogen and oxygen atoms in total. The summed E-state index contributed by atoms with van der Waals surface area (Å²) >= 11 is 0. The van der Waals surface area contributed by atoms with Crippen LogP contribution < -0.4 is 5.73 Å². The predicted octanol–water partition coefficient (Wildman–Crippen LogP) is 1.57. The van der Waals surface area contributed by atoms with E-state index >= 15 is 0 Å². The second-order valence-electron chi connectivity index (χ2n) is 3.96. The van der Waals surface area contributed by atoms with E-state index < -0.39 is 15.1 Å². The van der Waals surface area contributed by atoms with Gasteiger partial charge in [-0.2, -0.15) is 0 Å². The summed E-state index contributed by atoms with van der Waals surface area (Å²) in [6, 6.07) is 6.72. The molecule has 0 spiro atoms. The van der Waals surface area contributed by atoms with Gasteiger partial charge in [-0.25, -0.2) is 8.42 Å². The van der Waals surface area contributed by atoms with Gasteiger partial charge in [0.1, 0.15) is 0 Å². The third-order valence-corrected chi connectivity index (χ3v) is 4.44. The fourth-order valence-electron chi connectivity index (χ4n) is 1.26. The Morgan fingerprint density at radius 1 is 1.35 bits per heavy atom. The van der Waals surface area contributed by atoms with E-state index in [1.165, 1.54) is 0 Å². The van der Waals surface area contributed by atoms with Crippen molar-refractivity contribution in [2.75, 3.05) is 6.54 Å². The summed E-state index contributed by atoms with van der Waals surface area (Å²) in [7, 11) is -3.22. The summed E-state index contributed by atoms with van der Waals surface area (Å²) < 4.78 is 23.9. The predicted molar refractivity (Wildman–Crippen MR) is 69.3 cm³/mol. The van der Waals surface area contributed by atoms with Gasteiger partial charge >= 0.3 is 0 Å². The Kier molecular flexibility index (Phi) is 4.73. The SMILES string of the molecule is CC(C)S(=O)(=O)c1cccc(C#CCCN)c1. The van der Waals surface area contributed by atoms with Crippen molar-refractivity contribution in [3.8, 4) is 11.8 Å². The van der Waals surface area contributed by atoms with Crippen molar-refractivity contribution in [1.82, 2.24) is 0 Å². The number of hydrogen-bond acceptors (Lipinski definition) is 3. The molecule has 0 unspecified atom stereocenters. The third-order valence-electron chi connectivity index (χ3n) is 2.29. The van der Waals surface area contributed by atoms with Crippen LogP contribution in [-0.4, -0.2) is 20.2 Å². The Hall–Kier alpha value is -1.31. The zero-order valence-electron chi connectivity index (χ0n) is 10.1. The molecule has 17 heavy (non-hydrogen) atoms. The van der Waals surface area contributed by atoms with E-state index in [-0.39, 0.29) is 0 Å². The van der Waals surface area contributed by atoms with Crippen LogP contribution in [0, 0.1) is 11.8 Å². The standard InChI is InChI=1S/C13H17NO2S/c1-11(2)17(15,16)13-8-5-7-12(10-13)6-3-4-9-14/h5,7-8,10-11H,4,9,14H2,1-2H3. The quantitative estimate of drug-likeness (QED) is 0.829. The zero-order chi connectivity index (χ0) is 12.9. The maximum Gasteiger partial charge on any atom is 0.180 e. The average molecular weight is 251 g/mol. The fraction of sp³-hybridized carbons (Fsp3) is 0.385. The first-order valence-corrected chi connectivity index (χ1v) is 7.06. The Morgan fingerprint density at radius 2 is 2.06 bits per heavy atom. The van der Waals surface area contributed by atoms with Crippen LogP contribution in [0.3, 0.4) is 0 Å². The second-order valence-corrected chi connectivity index (χ2v) is 6.47. The highest BCUT2D eigenvalue weighted by molar-refractivity contribution is 7.92. The van der Waals surface area contributed by atoms with Gasteiger partial charge in [0.2, 0.25) is 0 Å². The fourth-order valence-corrected chi connectivity index (χ4v) is 2.36. The average Bonchev–Trinajstić information content (AvgIpc) is 2.29. The largest absolute Gasteiger partial charge is 0.330 e. The summed E-state index contributed by atoms with van der Waals surface area (Å²) in [5, 5.41) is -0.422. The molecule has 92 valence electrons. The Balaban J connectivity index is 3.07. The van der Waals surface area contributed by atoms with Gasteiger partial charge in [0.25, 0.3) is 0 Å². The lowest BCUT2D eigenvalue weighted by Crippen LogP contribution is -2.13. The van der Waals surface area contributed by atoms with Crippen LogP contribution >= 0.6 is 0 Å². The van der Waals surface area contributed by atoms with Gasteiger partial charge in [0.15, 0.2) is 9.84 Å². The van der Waals surface area contributed by atoms with Crippen LogP contribution in [0.2, 0.25) is 0 Å². The van der Waals surface area contributed by atoms with Gasteiger partial charge in [-0.15, -0.1) is 0 Å². The van der Waals surface area contributed by atoms with Crippen LogP contribution in [-0.2, 0) is 9.84 Å². The molecule has 0 heterocycles. The van der Waals surface area contributed by atoms with Crippen molar-refractivity contribution in [2.45, 2.75) is 30.4 Å². The van der Waals surface area contributed by atoms with Gasteiger partial charge < -0.3 is 5.73 Å². The van der Waals surface area contributed by atoms with E-state index in [9.17, 15) is 8.42 Å². The Labute approximate surface area is 103 Å². The topological polar surface area (TPSA) is 60.2 Å². The van der Waals surface area contributed by atoms with Crippen LogP contribution in [0.5, 0.6) is 0 Å². The van der Waals surface area contributed by atoms with Crippen LogP contribution in [0.15, 0.2) is 29.2 Å². The summed E-state index contributed by atoms with van der Waals surface area (Å²) in [6.45, 7) is 3.85. The molecule has 1 aromatic carbocycles. The summed E-state index contributed by atoms with van der Waals surface area (Å²) in [5.74, 6) is 5.79. The maximum absolute atomic E-state index is 11.9. The van der Waals surface area contributed by atoms with Gasteiger partial charge in [0.05, 0.1) is 10.1 Å². The smallest absolute Gasteiger partial charge is 0.180 e. The Morgan fingerprint density at radius 3 is 2.65 bits per heavy atom. The molecule has 0 saturated carbocycles. The molecule has 0 bridgehead atoms. The molecule has 0 atom stereocenters. The van der Waals surface area contributed by atoms with Gasteiger partial charge in [-0.3, -0.25) is 0 Å². The van der Waals surface area contributed by atoms with Crippen molar-refractivity contribution >= 4 is 9.84 Å². The summed E-state index contributed by atoms with van der Waals surface area (Å²) in [6.07, 6.45) is 0.612. The molecule has 0 fully saturated rings. The molecule has 0 aliphatic rings. The molecule has 1 aromatic rings. The first kappa shape index (κ1) is 13.8. The van der Waals surface area contributed by atoms with E-state index in [1.807, 2.05) is 0 Å². The molecule has 0 aliphatic heterocycles. The first-order chi connectivity index (χ1) is 7.98. The molecule has 2 N–H and O–H groups in total. The highest BCUT2D eigenvalue weighted by Crippen LogP contribution is 2.16. The number of benzene rings is 1. The van der Waals surface area contributed by atoms with Crippen molar-refractivity contribution in [3.05, 3.63) is 29.8 Å². The minimum atomic E-state index is -3.22. The van der Waals surface area contributed by atoms with E-state index in [2.05, 4.69) is 11.8 Å². The van der Waals surface area contributed by atoms with E-state index in [0.717, 1.165) is 0 Å². The monoisotopic (exact) mass is 251 g/mol. The number of hydrogen-bond donors (Lipinski definition) is 1. The molecule has 0 amide bonds. The van der Waals surface area contributed by atoms with Gasteiger partial charge in [-0.05, 0) is 32.0 Å². The second kappa shape index (κ2) is 5.85. The molecule has 4 heteroatoms. The van der Waals surface area contributed by atoms with E-state index in [4.69, 9.17) is 5.73 Å². The Bertz CT molecular complexity index is 536. The molecule has 0 aromatic heterocycles. The lowest BCUT2D eigenvalue weighted by atomic mass is 10.2. The lowest BCUT2D eigenvalue weighted by molar-refractivity contribution is 0.587. The van der Waals surface area contributed by atoms with Crippen molar-refractivity contribution < 1.29 is 8.42 Å². The van der Waals surface area contributed by atoms with E-state index in [1.54, 1.807) is 38.1 Å². The third kappa shape index (κ3) is 3.58. The summed E-state index contributed by atoms with van der Waals surface area (Å²) in [4.78, 5) is 0.326. The number of sulfone groups is 1. The van der Waals surface area contributed by atoms with Crippen LogP contribution in [0.25, 0.3) is 0 Å². The van der Waals surface area contributed by atoms with Crippen molar-refractivity contribution in [3.63, 3.8) is 0 Å². The normalized spacial score (nSPS) is 11.1. The minimum absolute atomic E-state index is 0.326. The van der Waals surface area contributed by atoms with Gasteiger partial charge in [0, 0.05) is 18.5 Å². The van der Waals surface area contributed by atoms with E-state index in [0.29, 0.717) is 23.4 Å². The number of rotatable bonds is 3. The number of nitrogens with two attached hydrogens (primary N) is 1. The van der Waals surface area contributed by atoms with Gasteiger partial charge in [-0.1, -0.05) is 17.9 Å². The first-order valence-electron chi connectivity index (χ1n) is 5.51. The highest BCUT2D eigenvalue weighted by atomic mass is 32.2. The molecular weight excluding hydrogens is 234 g/mol. The highest BCUT2D eigenvalue weighted by Gasteiger charge is 2.18. The minimum Gasteiger partial charge on any atom is -0.330 e. The molecule has 1 rings (SSSR count). The van der Waals surface area contributed by atoms with Crippen LogP contribution in [0.4, 0.5) is 0 Å². The van der Waals surface area contributed by atoms with Crippen LogP contribution in [0.1, 0.15) is 25.8 Å². The molecule has 0 saturated heterocycles. The molecule has 0 aliphatic carbocycles. The molecular formula is C13H17NO2S. The molecule has 0 radical (unpaired) electrons. The van der Waals surface area contributed by atoms with Crippen molar-refractivity contribution in [2.24, 2.45) is 5.73 Å². The summed E-state index contributed by atoms with van der Waals surface area (Å²) in [5.41, 5.74) is 6.04. The van der Waals surface area contributed by atoms with Crippen molar-refractivity contribution in [1.29, 1.82) is 0 Å². The lowest BCUT2D eigenvalue weighted by Gasteiger charge is -2.07. The zero-order valence-corrected chi connectivity index (χ0v) is 10.9.